The fraction of sp³-hybridized carbons (Fsp3) is 0.421. The summed E-state index contributed by atoms with van der Waals surface area (Å²) in [5, 5.41) is 2.63. The molecule has 1 aromatic heterocycles. The van der Waals surface area contributed by atoms with Gasteiger partial charge >= 0.3 is 0 Å². The molecule has 2 aromatic rings. The lowest BCUT2D eigenvalue weighted by atomic mass is 10.1. The van der Waals surface area contributed by atoms with E-state index in [9.17, 15) is 9.59 Å². The second kappa shape index (κ2) is 10.5. The molecule has 0 saturated carbocycles. The van der Waals surface area contributed by atoms with E-state index < -0.39 is 0 Å². The van der Waals surface area contributed by atoms with E-state index in [1.54, 1.807) is 0 Å². The third kappa shape index (κ3) is 6.71. The summed E-state index contributed by atoms with van der Waals surface area (Å²) < 4.78 is 1.02. The van der Waals surface area contributed by atoms with Crippen molar-refractivity contribution in [2.75, 3.05) is 13.1 Å². The molecule has 0 aliphatic heterocycles. The van der Waals surface area contributed by atoms with Crippen LogP contribution in [0.3, 0.4) is 0 Å². The molecule has 0 fully saturated rings. The highest BCUT2D eigenvalue weighted by molar-refractivity contribution is 9.10. The van der Waals surface area contributed by atoms with Gasteiger partial charge in [0.15, 0.2) is 0 Å². The third-order valence-electron chi connectivity index (χ3n) is 4.08. The van der Waals surface area contributed by atoms with E-state index in [1.165, 1.54) is 11.3 Å². The summed E-state index contributed by atoms with van der Waals surface area (Å²) in [7, 11) is 0. The molecular weight excluding hydrogens is 428 g/mol. The molecule has 8 heteroatoms. The van der Waals surface area contributed by atoms with Crippen molar-refractivity contribution < 1.29 is 9.59 Å². The number of aryl methyl sites for hydroxylation is 1. The lowest BCUT2D eigenvalue weighted by Crippen LogP contribution is -2.47. The highest BCUT2D eigenvalue weighted by Gasteiger charge is 2.20. The van der Waals surface area contributed by atoms with Crippen LogP contribution in [0, 0.1) is 6.92 Å². The van der Waals surface area contributed by atoms with Crippen LogP contribution in [0.1, 0.15) is 42.6 Å². The Kier molecular flexibility index (Phi) is 8.40. The molecule has 0 bridgehead atoms. The van der Waals surface area contributed by atoms with Crippen LogP contribution in [0.25, 0.3) is 0 Å². The van der Waals surface area contributed by atoms with Crippen LogP contribution in [-0.2, 0) is 16.0 Å². The Balaban J connectivity index is 1.88. The fourth-order valence-electron chi connectivity index (χ4n) is 2.74. The van der Waals surface area contributed by atoms with Crippen molar-refractivity contribution in [2.24, 2.45) is 0 Å². The lowest BCUT2D eigenvalue weighted by molar-refractivity contribution is -0.129. The number of nitrogens with zero attached hydrogens (tertiary/aromatic N) is 2. The molecular formula is C19H25BrN4O2S. The number of hydrogen-bond acceptors (Lipinski definition) is 5. The van der Waals surface area contributed by atoms with Crippen LogP contribution in [0.4, 0.5) is 0 Å². The highest BCUT2D eigenvalue weighted by Crippen LogP contribution is 2.27. The van der Waals surface area contributed by atoms with Crippen molar-refractivity contribution >= 4 is 39.1 Å². The van der Waals surface area contributed by atoms with E-state index in [4.69, 9.17) is 0 Å². The first kappa shape index (κ1) is 21.5. The van der Waals surface area contributed by atoms with E-state index in [0.717, 1.165) is 33.7 Å². The Morgan fingerprint density at radius 1 is 1.26 bits per heavy atom. The molecule has 6 nitrogen and oxygen atoms in total. The summed E-state index contributed by atoms with van der Waals surface area (Å²) in [6, 6.07) is 8.07. The van der Waals surface area contributed by atoms with Gasteiger partial charge in [-0.15, -0.1) is 11.3 Å². The zero-order chi connectivity index (χ0) is 19.8. The van der Waals surface area contributed by atoms with E-state index in [-0.39, 0.29) is 30.8 Å². The molecule has 0 aliphatic carbocycles. The zero-order valence-electron chi connectivity index (χ0n) is 15.8. The van der Waals surface area contributed by atoms with Gasteiger partial charge in [0.05, 0.1) is 13.0 Å². The summed E-state index contributed by atoms with van der Waals surface area (Å²) in [4.78, 5) is 30.6. The van der Waals surface area contributed by atoms with Gasteiger partial charge < -0.3 is 0 Å². The smallest absolute Gasteiger partial charge is 0.252 e. The molecule has 1 heterocycles. The first-order valence-corrected chi connectivity index (χ1v) is 10.5. The molecule has 1 atom stereocenters. The Morgan fingerprint density at radius 3 is 2.59 bits per heavy atom. The minimum Gasteiger partial charge on any atom is -0.288 e. The van der Waals surface area contributed by atoms with E-state index in [0.29, 0.717) is 0 Å². The quantitative estimate of drug-likeness (QED) is 0.601. The van der Waals surface area contributed by atoms with Crippen LogP contribution in [-0.4, -0.2) is 34.8 Å². The van der Waals surface area contributed by atoms with Crippen molar-refractivity contribution in [3.05, 3.63) is 50.4 Å². The molecule has 2 rings (SSSR count). The molecule has 27 heavy (non-hydrogen) atoms. The molecule has 0 aliphatic rings. The molecule has 2 N–H and O–H groups in total. The number of halogens is 1. The number of benzene rings is 1. The summed E-state index contributed by atoms with van der Waals surface area (Å²) in [6.07, 6.45) is 1.09. The Hall–Kier alpha value is -1.77. The summed E-state index contributed by atoms with van der Waals surface area (Å²) in [5.41, 5.74) is 6.99. The Labute approximate surface area is 172 Å². The number of thiazole rings is 1. The molecule has 1 aromatic carbocycles. The van der Waals surface area contributed by atoms with E-state index in [1.807, 2.05) is 36.6 Å². The molecule has 0 radical (unpaired) electrons. The SMILES string of the molecule is CCCN(CC(=O)NNC(=O)Cc1nc(C)cs1)C(C)c1ccccc1Br. The van der Waals surface area contributed by atoms with Crippen LogP contribution in [0.5, 0.6) is 0 Å². The molecule has 2 amide bonds. The van der Waals surface area contributed by atoms with Gasteiger partial charge in [-0.05, 0) is 38.4 Å². The van der Waals surface area contributed by atoms with Crippen molar-refractivity contribution in [3.63, 3.8) is 0 Å². The summed E-state index contributed by atoms with van der Waals surface area (Å²) in [6.45, 7) is 7.02. The van der Waals surface area contributed by atoms with Gasteiger partial charge in [-0.1, -0.05) is 41.1 Å². The monoisotopic (exact) mass is 452 g/mol. The number of aromatic nitrogens is 1. The van der Waals surface area contributed by atoms with Gasteiger partial charge in [0.25, 0.3) is 5.91 Å². The molecule has 146 valence electrons. The third-order valence-corrected chi connectivity index (χ3v) is 5.77. The van der Waals surface area contributed by atoms with Gasteiger partial charge in [0.1, 0.15) is 5.01 Å². The van der Waals surface area contributed by atoms with Crippen molar-refractivity contribution in [1.29, 1.82) is 0 Å². The van der Waals surface area contributed by atoms with Crippen LogP contribution >= 0.6 is 27.3 Å². The maximum atomic E-state index is 12.3. The van der Waals surface area contributed by atoms with E-state index in [2.05, 4.69) is 50.5 Å². The number of amides is 2. The first-order valence-electron chi connectivity index (χ1n) is 8.87. The van der Waals surface area contributed by atoms with Crippen LogP contribution in [0.2, 0.25) is 0 Å². The zero-order valence-corrected chi connectivity index (χ0v) is 18.2. The Bertz CT molecular complexity index is 781. The number of nitrogens with one attached hydrogen (secondary N) is 2. The summed E-state index contributed by atoms with van der Waals surface area (Å²) >= 11 is 5.01. The van der Waals surface area contributed by atoms with Gasteiger partial charge in [-0.2, -0.15) is 0 Å². The number of hydrazine groups is 1. The lowest BCUT2D eigenvalue weighted by Gasteiger charge is -2.29. The maximum absolute atomic E-state index is 12.3. The van der Waals surface area contributed by atoms with Crippen LogP contribution < -0.4 is 10.9 Å². The number of hydrogen-bond donors (Lipinski definition) is 2. The van der Waals surface area contributed by atoms with Gasteiger partial charge in [-0.25, -0.2) is 4.98 Å². The topological polar surface area (TPSA) is 74.3 Å². The van der Waals surface area contributed by atoms with Crippen molar-refractivity contribution in [2.45, 2.75) is 39.7 Å². The average Bonchev–Trinajstić information content (AvgIpc) is 3.04. The molecule has 0 saturated heterocycles. The second-order valence-corrected chi connectivity index (χ2v) is 8.12. The second-order valence-electron chi connectivity index (χ2n) is 6.32. The number of carbonyl (C=O) groups is 2. The molecule has 1 unspecified atom stereocenters. The Morgan fingerprint density at radius 2 is 1.96 bits per heavy atom. The van der Waals surface area contributed by atoms with Gasteiger partial charge in [-0.3, -0.25) is 25.3 Å². The standard InChI is InChI=1S/C19H25BrN4O2S/c1-4-9-24(14(3)15-7-5-6-8-16(15)20)11-18(26)23-22-17(25)10-19-21-13(2)12-27-19/h5-8,12,14H,4,9-11H2,1-3H3,(H,22,25)(H,23,26). The molecule has 0 spiro atoms. The average molecular weight is 453 g/mol. The number of rotatable bonds is 8. The maximum Gasteiger partial charge on any atom is 0.252 e. The summed E-state index contributed by atoms with van der Waals surface area (Å²) in [5.74, 6) is -0.524. The van der Waals surface area contributed by atoms with Crippen molar-refractivity contribution in [1.82, 2.24) is 20.7 Å². The van der Waals surface area contributed by atoms with Crippen molar-refractivity contribution in [3.8, 4) is 0 Å². The minimum atomic E-state index is -0.279. The first-order chi connectivity index (χ1) is 12.9. The number of carbonyl (C=O) groups excluding carboxylic acids is 2. The van der Waals surface area contributed by atoms with Gasteiger partial charge in [0.2, 0.25) is 5.91 Å². The highest BCUT2D eigenvalue weighted by atomic mass is 79.9. The largest absolute Gasteiger partial charge is 0.288 e. The van der Waals surface area contributed by atoms with E-state index >= 15 is 0 Å². The van der Waals surface area contributed by atoms with Gasteiger partial charge in [0, 0.05) is 21.6 Å². The predicted octanol–water partition coefficient (Wildman–Crippen LogP) is 3.38. The van der Waals surface area contributed by atoms with Crippen LogP contribution in [0.15, 0.2) is 34.1 Å². The predicted molar refractivity (Wildman–Crippen MR) is 111 cm³/mol. The normalized spacial score (nSPS) is 12.0. The minimum absolute atomic E-state index is 0.0697. The fourth-order valence-corrected chi connectivity index (χ4v) is 4.12.